The molecular formula is C24H18FNO5S. The Morgan fingerprint density at radius 3 is 2.19 bits per heavy atom. The molecular weight excluding hydrogens is 433 g/mol. The normalized spacial score (nSPS) is 14.6. The number of hydrogen-bond donors (Lipinski definition) is 0. The molecule has 0 saturated heterocycles. The van der Waals surface area contributed by atoms with Gasteiger partial charge in [-0.25, -0.2) is 17.6 Å². The van der Waals surface area contributed by atoms with E-state index in [4.69, 9.17) is 4.74 Å². The third-order valence-electron chi connectivity index (χ3n) is 4.94. The molecule has 0 radical (unpaired) electrons. The number of nitrogens with zero attached hydrogens (tertiary/aromatic N) is 1. The average Bonchev–Trinajstić information content (AvgIpc) is 2.78. The van der Waals surface area contributed by atoms with E-state index < -0.39 is 27.6 Å². The molecule has 1 aliphatic rings. The van der Waals surface area contributed by atoms with Crippen molar-refractivity contribution >= 4 is 27.5 Å². The number of ketones is 1. The van der Waals surface area contributed by atoms with Crippen LogP contribution in [0.15, 0.2) is 89.5 Å². The van der Waals surface area contributed by atoms with Crippen LogP contribution in [0.1, 0.15) is 28.4 Å². The molecule has 6 nitrogen and oxygen atoms in total. The van der Waals surface area contributed by atoms with Gasteiger partial charge in [0.15, 0.2) is 11.5 Å². The van der Waals surface area contributed by atoms with Gasteiger partial charge in [0.1, 0.15) is 11.5 Å². The Hall–Kier alpha value is -3.78. The van der Waals surface area contributed by atoms with Gasteiger partial charge in [-0.05, 0) is 42.0 Å². The molecule has 0 bridgehead atoms. The van der Waals surface area contributed by atoms with Crippen molar-refractivity contribution < 1.29 is 27.1 Å². The molecule has 1 aliphatic heterocycles. The van der Waals surface area contributed by atoms with Gasteiger partial charge in [0.2, 0.25) is 0 Å². The molecule has 8 heteroatoms. The first kappa shape index (κ1) is 21.5. The summed E-state index contributed by atoms with van der Waals surface area (Å²) in [6.45, 7) is 1.09. The number of sulfonamides is 1. The largest absolute Gasteiger partial charge is 0.420 e. The Morgan fingerprint density at radius 1 is 0.906 bits per heavy atom. The zero-order valence-electron chi connectivity index (χ0n) is 17.0. The van der Waals surface area contributed by atoms with Crippen LogP contribution in [0.4, 0.5) is 4.39 Å². The highest BCUT2D eigenvalue weighted by Crippen LogP contribution is 2.39. The quantitative estimate of drug-likeness (QED) is 0.545. The number of allylic oxidation sites excluding steroid dienone is 1. The number of rotatable bonds is 5. The molecule has 0 atom stereocenters. The van der Waals surface area contributed by atoms with Crippen molar-refractivity contribution in [3.05, 3.63) is 107 Å². The third-order valence-corrected chi connectivity index (χ3v) is 6.75. The molecule has 0 fully saturated rings. The Labute approximate surface area is 184 Å². The summed E-state index contributed by atoms with van der Waals surface area (Å²) in [6, 6.07) is 19.5. The van der Waals surface area contributed by atoms with Gasteiger partial charge in [0.25, 0.3) is 10.0 Å². The molecule has 0 amide bonds. The van der Waals surface area contributed by atoms with Crippen molar-refractivity contribution in [2.24, 2.45) is 0 Å². The summed E-state index contributed by atoms with van der Waals surface area (Å²) in [6.07, 6.45) is 0. The number of carbonyl (C=O) groups is 2. The zero-order chi connectivity index (χ0) is 22.9. The summed E-state index contributed by atoms with van der Waals surface area (Å²) >= 11 is 0. The summed E-state index contributed by atoms with van der Waals surface area (Å²) < 4.78 is 46.6. The Bertz CT molecular complexity index is 1330. The molecule has 3 aromatic carbocycles. The lowest BCUT2D eigenvalue weighted by Crippen LogP contribution is -2.37. The maximum atomic E-state index is 13.4. The van der Waals surface area contributed by atoms with E-state index in [0.717, 1.165) is 16.4 Å². The summed E-state index contributed by atoms with van der Waals surface area (Å²) in [4.78, 5) is 25.4. The van der Waals surface area contributed by atoms with E-state index in [9.17, 15) is 22.4 Å². The minimum Gasteiger partial charge on any atom is -0.420 e. The second-order valence-electron chi connectivity index (χ2n) is 7.12. The number of hydrogen-bond acceptors (Lipinski definition) is 5. The highest BCUT2D eigenvalue weighted by atomic mass is 32.2. The molecule has 3 aromatic rings. The number of halogens is 1. The second kappa shape index (κ2) is 8.39. The Balaban J connectivity index is 1.88. The number of esters is 1. The molecule has 0 aromatic heterocycles. The van der Waals surface area contributed by atoms with Crippen LogP contribution in [0.2, 0.25) is 0 Å². The maximum Gasteiger partial charge on any atom is 0.343 e. The van der Waals surface area contributed by atoms with Crippen LogP contribution in [0.3, 0.4) is 0 Å². The van der Waals surface area contributed by atoms with Crippen molar-refractivity contribution in [3.63, 3.8) is 0 Å². The minimum atomic E-state index is -4.10. The third kappa shape index (κ3) is 3.92. The molecule has 32 heavy (non-hydrogen) atoms. The molecule has 0 aliphatic carbocycles. The summed E-state index contributed by atoms with van der Waals surface area (Å²) in [5.74, 6) is -2.10. The first-order chi connectivity index (χ1) is 15.3. The van der Waals surface area contributed by atoms with E-state index >= 15 is 0 Å². The summed E-state index contributed by atoms with van der Waals surface area (Å²) in [5.41, 5.74) is 0.571. The number of Topliss-reactive ketones (excluding diaryl/α,β-unsaturated/α-hetero) is 1. The van der Waals surface area contributed by atoms with Gasteiger partial charge in [-0.3, -0.25) is 9.10 Å². The molecule has 0 unspecified atom stereocenters. The van der Waals surface area contributed by atoms with E-state index in [1.807, 2.05) is 0 Å². The fourth-order valence-corrected chi connectivity index (χ4v) is 5.15. The lowest BCUT2D eigenvalue weighted by molar-refractivity contribution is -0.114. The van der Waals surface area contributed by atoms with Gasteiger partial charge in [-0.15, -0.1) is 0 Å². The number of ether oxygens (including phenoxy) is 1. The Morgan fingerprint density at radius 2 is 1.53 bits per heavy atom. The summed E-state index contributed by atoms with van der Waals surface area (Å²) in [5, 5.41) is 0. The van der Waals surface area contributed by atoms with Crippen molar-refractivity contribution in [1.82, 2.24) is 4.31 Å². The van der Waals surface area contributed by atoms with Gasteiger partial charge in [0, 0.05) is 12.5 Å². The van der Waals surface area contributed by atoms with Gasteiger partial charge >= 0.3 is 5.97 Å². The lowest BCUT2D eigenvalue weighted by Gasteiger charge is -2.32. The molecule has 162 valence electrons. The van der Waals surface area contributed by atoms with Gasteiger partial charge in [0.05, 0.1) is 17.0 Å². The van der Waals surface area contributed by atoms with E-state index in [1.54, 1.807) is 42.5 Å². The highest BCUT2D eigenvalue weighted by molar-refractivity contribution is 7.89. The van der Waals surface area contributed by atoms with Crippen LogP contribution in [0.25, 0.3) is 5.76 Å². The van der Waals surface area contributed by atoms with Gasteiger partial charge < -0.3 is 4.74 Å². The summed E-state index contributed by atoms with van der Waals surface area (Å²) in [7, 11) is -4.10. The first-order valence-corrected chi connectivity index (χ1v) is 11.1. The standard InChI is InChI=1S/C24H18FNO5S/c1-16(27)22-23(31-24(28)18-11-13-19(25)14-12-18)20-9-5-6-10-21(20)32(29,30)26(22)15-17-7-3-2-4-8-17/h2-14H,15H2,1H3. The molecule has 0 saturated carbocycles. The number of benzene rings is 3. The first-order valence-electron chi connectivity index (χ1n) is 9.68. The van der Waals surface area contributed by atoms with Crippen LogP contribution >= 0.6 is 0 Å². The maximum absolute atomic E-state index is 13.4. The number of carbonyl (C=O) groups excluding carboxylic acids is 2. The predicted molar refractivity (Wildman–Crippen MR) is 115 cm³/mol. The van der Waals surface area contributed by atoms with Gasteiger partial charge in [-0.2, -0.15) is 0 Å². The van der Waals surface area contributed by atoms with Crippen LogP contribution in [-0.2, 0) is 26.1 Å². The molecule has 1 heterocycles. The van der Waals surface area contributed by atoms with Crippen LogP contribution in [0, 0.1) is 5.82 Å². The SMILES string of the molecule is CC(=O)C1=C(OC(=O)c2ccc(F)cc2)c2ccccc2S(=O)(=O)N1Cc1ccccc1. The lowest BCUT2D eigenvalue weighted by atomic mass is 10.1. The average molecular weight is 451 g/mol. The monoisotopic (exact) mass is 451 g/mol. The minimum absolute atomic E-state index is 0.0577. The molecule has 0 spiro atoms. The fraction of sp³-hybridized carbons (Fsp3) is 0.0833. The predicted octanol–water partition coefficient (Wildman–Crippen LogP) is 4.14. The van der Waals surface area contributed by atoms with E-state index in [1.165, 1.54) is 31.2 Å². The molecule has 4 rings (SSSR count). The van der Waals surface area contributed by atoms with Crippen LogP contribution in [0.5, 0.6) is 0 Å². The van der Waals surface area contributed by atoms with E-state index in [-0.39, 0.29) is 34.0 Å². The fourth-order valence-electron chi connectivity index (χ4n) is 3.45. The van der Waals surface area contributed by atoms with Crippen LogP contribution < -0.4 is 0 Å². The topological polar surface area (TPSA) is 80.8 Å². The Kier molecular flexibility index (Phi) is 5.63. The van der Waals surface area contributed by atoms with Crippen molar-refractivity contribution in [3.8, 4) is 0 Å². The van der Waals surface area contributed by atoms with Crippen LogP contribution in [-0.4, -0.2) is 24.5 Å². The second-order valence-corrected chi connectivity index (χ2v) is 8.95. The zero-order valence-corrected chi connectivity index (χ0v) is 17.8. The van der Waals surface area contributed by atoms with Crippen molar-refractivity contribution in [2.45, 2.75) is 18.4 Å². The van der Waals surface area contributed by atoms with Crippen molar-refractivity contribution in [2.75, 3.05) is 0 Å². The van der Waals surface area contributed by atoms with Gasteiger partial charge in [-0.1, -0.05) is 42.5 Å². The van der Waals surface area contributed by atoms with E-state index in [2.05, 4.69) is 0 Å². The van der Waals surface area contributed by atoms with Crippen molar-refractivity contribution in [1.29, 1.82) is 0 Å². The highest BCUT2D eigenvalue weighted by Gasteiger charge is 2.40. The number of fused-ring (bicyclic) bond motifs is 1. The smallest absolute Gasteiger partial charge is 0.343 e. The van der Waals surface area contributed by atoms with E-state index in [0.29, 0.717) is 5.56 Å². The molecule has 0 N–H and O–H groups in total.